The third kappa shape index (κ3) is 7.01. The summed E-state index contributed by atoms with van der Waals surface area (Å²) in [6.45, 7) is 1.91. The van der Waals surface area contributed by atoms with Gasteiger partial charge in [0.25, 0.3) is 5.82 Å². The van der Waals surface area contributed by atoms with Crippen LogP contribution in [0.5, 0.6) is 0 Å². The van der Waals surface area contributed by atoms with E-state index >= 15 is 0 Å². The van der Waals surface area contributed by atoms with Gasteiger partial charge in [0, 0.05) is 17.7 Å². The average molecular weight is 438 g/mol. The Kier molecular flexibility index (Phi) is 5.30. The van der Waals surface area contributed by atoms with Crippen molar-refractivity contribution in [3.05, 3.63) is 23.5 Å². The summed E-state index contributed by atoms with van der Waals surface area (Å²) in [5, 5.41) is 16.0. The van der Waals surface area contributed by atoms with Crippen LogP contribution in [0.1, 0.15) is 0 Å². The number of halogens is 6. The van der Waals surface area contributed by atoms with Gasteiger partial charge in [-0.05, 0) is 16.8 Å². The Balaban J connectivity index is 0.000000321. The fourth-order valence-corrected chi connectivity index (χ4v) is 3.29. The molecule has 7 nitrogen and oxygen atoms in total. The Hall–Kier alpha value is -1.82. The minimum atomic E-state index is -10.7. The van der Waals surface area contributed by atoms with Crippen molar-refractivity contribution in [3.63, 3.8) is 0 Å². The van der Waals surface area contributed by atoms with Gasteiger partial charge in [0.2, 0.25) is 5.69 Å². The Morgan fingerprint density at radius 1 is 1.19 bits per heavy atom. The zero-order valence-electron chi connectivity index (χ0n) is 14.3. The SMILES string of the molecule is CN(C)C(N1CCSCC1)=[N+]1N=[N+]([O-])c2ncccc21.F[P-](F)(F)(F)(F)F. The van der Waals surface area contributed by atoms with E-state index in [1.54, 1.807) is 10.9 Å². The van der Waals surface area contributed by atoms with Gasteiger partial charge < -0.3 is 5.21 Å². The molecule has 1 fully saturated rings. The summed E-state index contributed by atoms with van der Waals surface area (Å²) in [5.74, 6) is 3.44. The van der Waals surface area contributed by atoms with Gasteiger partial charge in [-0.15, -0.1) is 4.86 Å². The van der Waals surface area contributed by atoms with Gasteiger partial charge >= 0.3 is 38.9 Å². The molecule has 0 unspecified atom stereocenters. The molecule has 3 heterocycles. The summed E-state index contributed by atoms with van der Waals surface area (Å²) in [7, 11) is -6.72. The molecule has 0 spiro atoms. The molecular weight excluding hydrogens is 421 g/mol. The van der Waals surface area contributed by atoms with Crippen LogP contribution in [-0.2, 0) is 0 Å². The van der Waals surface area contributed by atoms with E-state index in [0.717, 1.165) is 36.2 Å². The third-order valence-corrected chi connectivity index (χ3v) is 4.17. The van der Waals surface area contributed by atoms with Crippen LogP contribution in [0.15, 0.2) is 23.6 Å². The van der Waals surface area contributed by atoms with E-state index in [0.29, 0.717) is 10.7 Å². The standard InChI is InChI=1S/C12H17N6OS.F6P/c1-15(2)12(16-6-8-20-9-7-16)17-10-4-3-5-13-11(10)18(19)14-17;1-7(2,3,4,5)6/h3-5H,6-9H2,1-2H3;/q+1;-1. The normalized spacial score (nSPS) is 21.2. The van der Waals surface area contributed by atoms with Crippen molar-refractivity contribution in [2.45, 2.75) is 0 Å². The zero-order valence-corrected chi connectivity index (χ0v) is 16.0. The van der Waals surface area contributed by atoms with Crippen molar-refractivity contribution < 1.29 is 34.7 Å². The number of nitrogens with zero attached hydrogens (tertiary/aromatic N) is 6. The number of hydrogen-bond donors (Lipinski definition) is 0. The summed E-state index contributed by atoms with van der Waals surface area (Å²) in [4.78, 5) is 8.94. The number of rotatable bonds is 0. The van der Waals surface area contributed by atoms with E-state index < -0.39 is 7.81 Å². The molecule has 0 saturated carbocycles. The van der Waals surface area contributed by atoms with Crippen LogP contribution >= 0.6 is 19.6 Å². The Morgan fingerprint density at radius 3 is 2.26 bits per heavy atom. The van der Waals surface area contributed by atoms with Crippen LogP contribution in [0.4, 0.5) is 36.7 Å². The molecule has 0 bridgehead atoms. The van der Waals surface area contributed by atoms with Crippen molar-refractivity contribution in [1.82, 2.24) is 14.8 Å². The van der Waals surface area contributed by atoms with Gasteiger partial charge in [-0.3, -0.25) is 0 Å². The predicted octanol–water partition coefficient (Wildman–Crippen LogP) is 4.60. The predicted molar refractivity (Wildman–Crippen MR) is 91.0 cm³/mol. The van der Waals surface area contributed by atoms with E-state index in [1.807, 2.05) is 42.9 Å². The van der Waals surface area contributed by atoms with Crippen molar-refractivity contribution in [1.29, 1.82) is 0 Å². The van der Waals surface area contributed by atoms with Gasteiger partial charge in [-0.2, -0.15) is 11.8 Å². The number of hydrogen-bond acceptors (Lipinski definition) is 4. The van der Waals surface area contributed by atoms with Crippen molar-refractivity contribution in [2.75, 3.05) is 38.7 Å². The van der Waals surface area contributed by atoms with Gasteiger partial charge in [-0.25, -0.2) is 14.8 Å². The van der Waals surface area contributed by atoms with Gasteiger partial charge in [0.15, 0.2) is 0 Å². The molecule has 0 aliphatic carbocycles. The second-order valence-electron chi connectivity index (χ2n) is 5.77. The van der Waals surface area contributed by atoms with Crippen LogP contribution in [-0.4, -0.2) is 69.0 Å². The van der Waals surface area contributed by atoms with Gasteiger partial charge in [0.1, 0.15) is 5.22 Å². The molecule has 1 aromatic rings. The van der Waals surface area contributed by atoms with Crippen molar-refractivity contribution >= 4 is 37.0 Å². The molecule has 27 heavy (non-hydrogen) atoms. The van der Waals surface area contributed by atoms with Crippen molar-refractivity contribution in [3.8, 4) is 0 Å². The third-order valence-electron chi connectivity index (χ3n) is 3.23. The molecule has 0 N–H and O–H groups in total. The fraction of sp³-hybridized carbons (Fsp3) is 0.500. The fourth-order valence-electron chi connectivity index (χ4n) is 2.39. The van der Waals surface area contributed by atoms with Crippen LogP contribution < -0.4 is 0 Å². The van der Waals surface area contributed by atoms with Gasteiger partial charge in [0.05, 0.1) is 27.2 Å². The summed E-state index contributed by atoms with van der Waals surface area (Å²) in [6.07, 6.45) is 1.61. The summed E-state index contributed by atoms with van der Waals surface area (Å²) >= 11 is 1.95. The Labute approximate surface area is 154 Å². The molecule has 15 heteroatoms. The number of guanidine groups is 1. The summed E-state index contributed by atoms with van der Waals surface area (Å²) in [5.41, 5.74) is 0.726. The molecule has 1 aromatic heterocycles. The zero-order chi connectivity index (χ0) is 20.5. The summed E-state index contributed by atoms with van der Waals surface area (Å²) in [6, 6.07) is 3.69. The van der Waals surface area contributed by atoms with Crippen LogP contribution in [0, 0.1) is 5.21 Å². The molecule has 3 rings (SSSR count). The van der Waals surface area contributed by atoms with Gasteiger partial charge in [-0.1, -0.05) is 0 Å². The second-order valence-corrected chi connectivity index (χ2v) is 8.91. The quantitative estimate of drug-likeness (QED) is 0.195. The van der Waals surface area contributed by atoms with E-state index in [9.17, 15) is 30.4 Å². The van der Waals surface area contributed by atoms with Crippen molar-refractivity contribution in [2.24, 2.45) is 5.22 Å². The van der Waals surface area contributed by atoms with E-state index in [4.69, 9.17) is 0 Å². The molecular formula is C12H17F6N6OPS. The van der Waals surface area contributed by atoms with E-state index in [1.165, 1.54) is 0 Å². The molecule has 1 saturated heterocycles. The Morgan fingerprint density at radius 2 is 1.74 bits per heavy atom. The molecule has 154 valence electrons. The van der Waals surface area contributed by atoms with Crippen LogP contribution in [0.3, 0.4) is 0 Å². The number of thioether (sulfide) groups is 1. The molecule has 2 aliphatic rings. The Bertz CT molecular complexity index is 767. The molecule has 0 amide bonds. The number of aromatic nitrogens is 1. The number of pyridine rings is 1. The maximum absolute atomic E-state index is 11.9. The molecule has 0 aromatic carbocycles. The molecule has 0 radical (unpaired) electrons. The first-order valence-electron chi connectivity index (χ1n) is 7.51. The van der Waals surface area contributed by atoms with E-state index in [-0.39, 0.29) is 0 Å². The monoisotopic (exact) mass is 438 g/mol. The maximum atomic E-state index is 11.9. The summed E-state index contributed by atoms with van der Waals surface area (Å²) < 4.78 is 60.9. The first kappa shape index (κ1) is 21.5. The van der Waals surface area contributed by atoms with Crippen LogP contribution in [0.2, 0.25) is 0 Å². The number of fused-ring (bicyclic) bond motifs is 1. The first-order valence-corrected chi connectivity index (χ1v) is 10.7. The first-order chi connectivity index (χ1) is 12.1. The average Bonchev–Trinajstić information content (AvgIpc) is 2.83. The molecule has 0 atom stereocenters. The molecule has 2 aliphatic heterocycles. The van der Waals surface area contributed by atoms with Crippen LogP contribution in [0.25, 0.3) is 0 Å². The minimum absolute atomic E-state index is 0.346. The second kappa shape index (κ2) is 6.66. The topological polar surface area (TPSA) is 60.8 Å². The van der Waals surface area contributed by atoms with E-state index in [2.05, 4.69) is 15.1 Å².